The fourth-order valence-corrected chi connectivity index (χ4v) is 6.31. The molecule has 1 heterocycles. The van der Waals surface area contributed by atoms with E-state index in [0.29, 0.717) is 24.2 Å². The van der Waals surface area contributed by atoms with Gasteiger partial charge in [-0.2, -0.15) is 0 Å². The quantitative estimate of drug-likeness (QED) is 0.114. The molecule has 0 radical (unpaired) electrons. The lowest BCUT2D eigenvalue weighted by atomic mass is 9.82. The Morgan fingerprint density at radius 1 is 0.962 bits per heavy atom. The first kappa shape index (κ1) is 42.1. The zero-order valence-electron chi connectivity index (χ0n) is 29.6. The molecule has 5 N–H and O–H groups in total. The number of rotatable bonds is 20. The molecule has 14 heteroatoms. The molecular formula is C38H47BrF2N4O7. The highest BCUT2D eigenvalue weighted by Gasteiger charge is 2.37. The van der Waals surface area contributed by atoms with Gasteiger partial charge in [0.1, 0.15) is 35.8 Å². The van der Waals surface area contributed by atoms with Gasteiger partial charge in [-0.05, 0) is 54.5 Å². The minimum atomic E-state index is -1.40. The molecule has 0 saturated carbocycles. The van der Waals surface area contributed by atoms with Crippen molar-refractivity contribution in [2.75, 3.05) is 18.5 Å². The van der Waals surface area contributed by atoms with Gasteiger partial charge in [0, 0.05) is 55.4 Å². The van der Waals surface area contributed by atoms with Gasteiger partial charge in [-0.3, -0.25) is 19.2 Å². The van der Waals surface area contributed by atoms with Crippen molar-refractivity contribution in [3.8, 4) is 11.1 Å². The van der Waals surface area contributed by atoms with E-state index in [2.05, 4.69) is 21.2 Å². The average molecular weight is 790 g/mol. The van der Waals surface area contributed by atoms with Crippen LogP contribution in [0.4, 0.5) is 8.78 Å². The SMILES string of the molecule is CC(C)(C)[C@H](c1cc(-c2cc(F)ccc2F)cn1Cc1ccccc1)N(CC[C@H](N)C(=O)NC(CCC(=O)CCCC(=O)CBr)C(=O)O)C(=O)CO. The topological polar surface area (TPSA) is 172 Å². The maximum absolute atomic E-state index is 15.0. The predicted octanol–water partition coefficient (Wildman–Crippen LogP) is 5.16. The van der Waals surface area contributed by atoms with Crippen molar-refractivity contribution in [3.63, 3.8) is 0 Å². The van der Waals surface area contributed by atoms with Gasteiger partial charge < -0.3 is 30.7 Å². The molecule has 0 aliphatic heterocycles. The van der Waals surface area contributed by atoms with Gasteiger partial charge in [-0.1, -0.05) is 67.0 Å². The molecule has 0 saturated heterocycles. The molecule has 3 atom stereocenters. The van der Waals surface area contributed by atoms with Crippen molar-refractivity contribution in [3.05, 3.63) is 83.7 Å². The van der Waals surface area contributed by atoms with E-state index in [1.807, 2.05) is 55.7 Å². The fourth-order valence-electron chi connectivity index (χ4n) is 6.03. The maximum Gasteiger partial charge on any atom is 0.326 e. The van der Waals surface area contributed by atoms with Crippen LogP contribution in [0, 0.1) is 17.0 Å². The number of nitrogens with one attached hydrogen (secondary N) is 1. The Morgan fingerprint density at radius 3 is 2.25 bits per heavy atom. The number of nitrogens with zero attached hydrogens (tertiary/aromatic N) is 2. The van der Waals surface area contributed by atoms with Crippen molar-refractivity contribution in [2.45, 2.75) is 84.0 Å². The highest BCUT2D eigenvalue weighted by Crippen LogP contribution is 2.41. The molecule has 0 aliphatic rings. The minimum Gasteiger partial charge on any atom is -0.480 e. The molecule has 2 aromatic carbocycles. The molecule has 3 aromatic rings. The number of amides is 2. The Morgan fingerprint density at radius 2 is 1.63 bits per heavy atom. The summed E-state index contributed by atoms with van der Waals surface area (Å²) in [4.78, 5) is 63.6. The Balaban J connectivity index is 1.86. The summed E-state index contributed by atoms with van der Waals surface area (Å²) in [5, 5.41) is 22.3. The second-order valence-corrected chi connectivity index (χ2v) is 14.4. The molecule has 1 unspecified atom stereocenters. The normalized spacial score (nSPS) is 13.2. The lowest BCUT2D eigenvalue weighted by Crippen LogP contribution is -2.50. The summed E-state index contributed by atoms with van der Waals surface area (Å²) in [7, 11) is 0. The number of aliphatic carboxylic acids is 1. The van der Waals surface area contributed by atoms with Crippen LogP contribution >= 0.6 is 15.9 Å². The molecule has 0 aliphatic carbocycles. The van der Waals surface area contributed by atoms with Crippen LogP contribution in [0.3, 0.4) is 0 Å². The summed E-state index contributed by atoms with van der Waals surface area (Å²) in [5.74, 6) is -4.36. The van der Waals surface area contributed by atoms with Crippen LogP contribution in [0.1, 0.15) is 76.6 Å². The summed E-state index contributed by atoms with van der Waals surface area (Å²) in [6.45, 7) is 4.96. The van der Waals surface area contributed by atoms with Crippen molar-refractivity contribution >= 4 is 45.3 Å². The van der Waals surface area contributed by atoms with E-state index in [1.165, 1.54) is 4.90 Å². The van der Waals surface area contributed by atoms with Crippen LogP contribution < -0.4 is 11.1 Å². The summed E-state index contributed by atoms with van der Waals surface area (Å²) in [5.41, 5.74) is 7.37. The smallest absolute Gasteiger partial charge is 0.326 e. The van der Waals surface area contributed by atoms with Crippen LogP contribution in [0.25, 0.3) is 11.1 Å². The monoisotopic (exact) mass is 788 g/mol. The fraction of sp³-hybridized carbons (Fsp3) is 0.447. The van der Waals surface area contributed by atoms with Gasteiger partial charge in [0.15, 0.2) is 0 Å². The largest absolute Gasteiger partial charge is 0.480 e. The molecular weight excluding hydrogens is 742 g/mol. The number of alkyl halides is 1. The molecule has 1 aromatic heterocycles. The zero-order valence-corrected chi connectivity index (χ0v) is 31.2. The lowest BCUT2D eigenvalue weighted by Gasteiger charge is -2.41. The number of aromatic nitrogens is 1. The molecule has 0 spiro atoms. The van der Waals surface area contributed by atoms with Crippen LogP contribution in [-0.4, -0.2) is 79.6 Å². The van der Waals surface area contributed by atoms with Gasteiger partial charge in [-0.25, -0.2) is 13.6 Å². The number of aliphatic hydroxyl groups is 1. The van der Waals surface area contributed by atoms with Gasteiger partial charge in [0.05, 0.1) is 17.4 Å². The number of ketones is 2. The number of carbonyl (C=O) groups is 5. The standard InChI is InChI=1S/C38H47BrF2N4O7/c1-38(2,3)35(33-18-25(29-19-26(40)12-14-30(29)41)22-44(33)21-24-8-5-4-6-9-24)45(34(49)23-46)17-16-31(42)36(50)43-32(37(51)52)15-13-27(47)10-7-11-28(48)20-39/h4-6,8-9,12,14,18-19,22,31-32,35,46H,7,10-11,13,15-17,20-21,23,42H2,1-3H3,(H,43,50)(H,51,52)/t31-,32?,35-/m0/s1. The molecule has 282 valence electrons. The van der Waals surface area contributed by atoms with Crippen molar-refractivity contribution in [2.24, 2.45) is 11.1 Å². The van der Waals surface area contributed by atoms with Gasteiger partial charge in [0.2, 0.25) is 11.8 Å². The third kappa shape index (κ3) is 12.2. The number of aliphatic hydroxyl groups excluding tert-OH is 1. The van der Waals surface area contributed by atoms with Gasteiger partial charge >= 0.3 is 5.97 Å². The van der Waals surface area contributed by atoms with Crippen molar-refractivity contribution in [1.29, 1.82) is 0 Å². The van der Waals surface area contributed by atoms with E-state index >= 15 is 4.39 Å². The first-order valence-electron chi connectivity index (χ1n) is 17.0. The van der Waals surface area contributed by atoms with Crippen LogP contribution in [-0.2, 0) is 30.5 Å². The van der Waals surface area contributed by atoms with Crippen molar-refractivity contribution < 1.29 is 43.0 Å². The van der Waals surface area contributed by atoms with E-state index in [1.54, 1.807) is 12.3 Å². The number of hydrogen-bond acceptors (Lipinski definition) is 7. The Bertz CT molecular complexity index is 1710. The van der Waals surface area contributed by atoms with Gasteiger partial charge in [-0.15, -0.1) is 0 Å². The van der Waals surface area contributed by atoms with Crippen LogP contribution in [0.5, 0.6) is 0 Å². The van der Waals surface area contributed by atoms with E-state index in [-0.39, 0.29) is 61.1 Å². The molecule has 0 bridgehead atoms. The molecule has 11 nitrogen and oxygen atoms in total. The number of Topliss-reactive ketones (excluding diaryl/α,β-unsaturated/α-hetero) is 2. The summed E-state index contributed by atoms with van der Waals surface area (Å²) < 4.78 is 31.1. The third-order valence-electron chi connectivity index (χ3n) is 8.64. The number of carboxylic acid groups (broad SMARTS) is 1. The molecule has 0 fully saturated rings. The van der Waals surface area contributed by atoms with Gasteiger partial charge in [0.25, 0.3) is 0 Å². The lowest BCUT2D eigenvalue weighted by molar-refractivity contribution is -0.142. The number of hydrogen-bond donors (Lipinski definition) is 4. The van der Waals surface area contributed by atoms with E-state index in [0.717, 1.165) is 23.8 Å². The summed E-state index contributed by atoms with van der Waals surface area (Å²) >= 11 is 3.06. The summed E-state index contributed by atoms with van der Waals surface area (Å²) in [6.07, 6.45) is 1.94. The highest BCUT2D eigenvalue weighted by atomic mass is 79.9. The van der Waals surface area contributed by atoms with E-state index in [4.69, 9.17) is 5.73 Å². The molecule has 52 heavy (non-hydrogen) atoms. The number of nitrogens with two attached hydrogens (primary N) is 1. The molecule has 3 rings (SSSR count). The average Bonchev–Trinajstić information content (AvgIpc) is 3.50. The van der Waals surface area contributed by atoms with Crippen LogP contribution in [0.15, 0.2) is 60.8 Å². The summed E-state index contributed by atoms with van der Waals surface area (Å²) in [6, 6.07) is 10.8. The second kappa shape index (κ2) is 19.5. The van der Waals surface area contributed by atoms with E-state index < -0.39 is 59.6 Å². The minimum absolute atomic E-state index is 0.0268. The Labute approximate surface area is 310 Å². The first-order chi connectivity index (χ1) is 24.5. The second-order valence-electron chi connectivity index (χ2n) is 13.8. The van der Waals surface area contributed by atoms with Crippen LogP contribution in [0.2, 0.25) is 0 Å². The number of halogens is 3. The predicted molar refractivity (Wildman–Crippen MR) is 195 cm³/mol. The molecule has 2 amide bonds. The number of carbonyl (C=O) groups excluding carboxylic acids is 4. The third-order valence-corrected chi connectivity index (χ3v) is 9.26. The number of carboxylic acids is 1. The van der Waals surface area contributed by atoms with E-state index in [9.17, 15) is 38.6 Å². The van der Waals surface area contributed by atoms with Crippen molar-refractivity contribution in [1.82, 2.24) is 14.8 Å². The first-order valence-corrected chi connectivity index (χ1v) is 18.2. The maximum atomic E-state index is 15.0. The zero-order chi connectivity index (χ0) is 38.6. The highest BCUT2D eigenvalue weighted by molar-refractivity contribution is 9.09. The Kier molecular flexibility index (Phi) is 15.8. The Hall–Kier alpha value is -4.27. The number of benzene rings is 2.